The Balaban J connectivity index is 1.66. The Bertz CT molecular complexity index is 1140. The number of carboxylic acid groups (broad SMARTS) is 1. The van der Waals surface area contributed by atoms with E-state index in [1.54, 1.807) is 18.1 Å². The maximum absolute atomic E-state index is 14.2. The summed E-state index contributed by atoms with van der Waals surface area (Å²) in [7, 11) is 0.763. The molecule has 1 aromatic carbocycles. The van der Waals surface area contributed by atoms with Crippen molar-refractivity contribution in [2.75, 3.05) is 7.11 Å². The first-order valence-corrected chi connectivity index (χ1v) is 14.0. The summed E-state index contributed by atoms with van der Waals surface area (Å²) in [5, 5.41) is 21.0. The van der Waals surface area contributed by atoms with Crippen LogP contribution in [0.1, 0.15) is 70.9 Å². The Morgan fingerprint density at radius 3 is 2.66 bits per heavy atom. The van der Waals surface area contributed by atoms with Crippen LogP contribution in [0.4, 0.5) is 4.79 Å². The van der Waals surface area contributed by atoms with Crippen LogP contribution >= 0.6 is 0 Å². The van der Waals surface area contributed by atoms with Crippen molar-refractivity contribution in [1.29, 1.82) is 0 Å². The molecule has 0 radical (unpaired) electrons. The first-order valence-electron chi connectivity index (χ1n) is 14.0. The smallest absolute Gasteiger partial charge is 0.465 e. The maximum Gasteiger partial charge on any atom is 0.491 e. The zero-order valence-corrected chi connectivity index (χ0v) is 23.4. The number of carbonyl (C=O) groups excluding carboxylic acids is 1. The summed E-state index contributed by atoms with van der Waals surface area (Å²) < 4.78 is 11.5. The first kappa shape index (κ1) is 27.4. The van der Waals surface area contributed by atoms with Gasteiger partial charge in [-0.05, 0) is 78.3 Å². The molecular formula is C30H42BNO6. The van der Waals surface area contributed by atoms with Gasteiger partial charge in [-0.1, -0.05) is 45.0 Å². The van der Waals surface area contributed by atoms with Gasteiger partial charge >= 0.3 is 13.2 Å². The van der Waals surface area contributed by atoms with Crippen LogP contribution in [0.5, 0.6) is 0 Å². The lowest BCUT2D eigenvalue weighted by Gasteiger charge is -2.63. The lowest BCUT2D eigenvalue weighted by Crippen LogP contribution is -2.66. The van der Waals surface area contributed by atoms with Crippen LogP contribution in [0.15, 0.2) is 30.9 Å². The van der Waals surface area contributed by atoms with Gasteiger partial charge in [-0.25, -0.2) is 4.79 Å². The van der Waals surface area contributed by atoms with E-state index >= 15 is 0 Å². The lowest BCUT2D eigenvalue weighted by molar-refractivity contribution is -0.175. The zero-order chi connectivity index (χ0) is 27.6. The third kappa shape index (κ3) is 3.81. The van der Waals surface area contributed by atoms with Gasteiger partial charge in [-0.3, -0.25) is 4.79 Å². The molecule has 7 nitrogen and oxygen atoms in total. The minimum absolute atomic E-state index is 0.0171. The fourth-order valence-corrected chi connectivity index (χ4v) is 8.98. The molecule has 8 atom stereocenters. The number of Topliss-reactive ketones (excluding diaryl/α,β-unsaturated/α-hetero) is 1. The van der Waals surface area contributed by atoms with Gasteiger partial charge < -0.3 is 24.4 Å². The molecule has 206 valence electrons. The molecule has 0 aromatic heterocycles. The zero-order valence-electron chi connectivity index (χ0n) is 23.4. The van der Waals surface area contributed by atoms with Crippen molar-refractivity contribution in [3.8, 4) is 0 Å². The van der Waals surface area contributed by atoms with Crippen molar-refractivity contribution in [2.45, 2.75) is 85.1 Å². The van der Waals surface area contributed by atoms with Crippen molar-refractivity contribution < 1.29 is 29.1 Å². The Kier molecular flexibility index (Phi) is 6.85. The topological polar surface area (TPSA) is 96.3 Å². The molecule has 0 saturated heterocycles. The molecule has 0 unspecified atom stereocenters. The van der Waals surface area contributed by atoms with Gasteiger partial charge in [0.1, 0.15) is 5.78 Å². The second-order valence-electron chi connectivity index (χ2n) is 12.9. The van der Waals surface area contributed by atoms with Crippen molar-refractivity contribution in [1.82, 2.24) is 4.90 Å². The molecule has 4 aliphatic rings. The molecule has 1 amide bonds. The number of methoxy groups -OCH3 is 1. The molecule has 2 bridgehead atoms. The van der Waals surface area contributed by atoms with Crippen molar-refractivity contribution >= 4 is 24.5 Å². The number of ketones is 1. The average molecular weight is 523 g/mol. The Hall–Kier alpha value is -2.16. The van der Waals surface area contributed by atoms with E-state index in [1.807, 2.05) is 25.1 Å². The van der Waals surface area contributed by atoms with Gasteiger partial charge in [-0.2, -0.15) is 0 Å². The summed E-state index contributed by atoms with van der Waals surface area (Å²) >= 11 is 0. The summed E-state index contributed by atoms with van der Waals surface area (Å²) in [5.41, 5.74) is 0.927. The second-order valence-corrected chi connectivity index (χ2v) is 12.9. The largest absolute Gasteiger partial charge is 0.491 e. The summed E-state index contributed by atoms with van der Waals surface area (Å²) in [5.74, 6) is 0.325. The molecule has 3 aliphatic carbocycles. The molecule has 2 N–H and O–H groups in total. The SMILES string of the molecule is C=C[C@]1(C)C[C@@H](N(Cc2ccc3c(c2)B(O)OC3)C(=O)O)[C@]2(C)[C@H](C)CC[C@]3(CC[C@@H](OC)[C@@H]32)[C@@H](C)C1=O. The number of allylic oxidation sites excluding steroid dienone is 1. The number of fused-ring (bicyclic) bond motifs is 1. The van der Waals surface area contributed by atoms with Crippen LogP contribution in [0.2, 0.25) is 0 Å². The number of carbonyl (C=O) groups is 2. The van der Waals surface area contributed by atoms with E-state index in [0.717, 1.165) is 36.8 Å². The highest BCUT2D eigenvalue weighted by molar-refractivity contribution is 6.61. The predicted molar refractivity (Wildman–Crippen MR) is 146 cm³/mol. The standard InChI is InChI=1S/C30H42BNO6/c1-7-28(4)15-24(32(27(34)35)16-20-8-9-21-17-38-31(36)22(21)14-20)29(5)18(2)10-12-30(19(3)26(28)33)13-11-23(37-6)25(29)30/h7-9,14,18-19,23-25,36H,1,10-13,15-17H2,2-6H3,(H,34,35)/t18-,19+,23-,24-,25-,28-,29+,30+/m1/s1. The molecular weight excluding hydrogens is 481 g/mol. The molecule has 5 rings (SSSR count). The van der Waals surface area contributed by atoms with Crippen molar-refractivity contribution in [3.63, 3.8) is 0 Å². The fourth-order valence-electron chi connectivity index (χ4n) is 8.98. The van der Waals surface area contributed by atoms with Gasteiger partial charge in [-0.15, -0.1) is 6.58 Å². The molecule has 1 heterocycles. The predicted octanol–water partition coefficient (Wildman–Crippen LogP) is 4.40. The minimum atomic E-state index is -1.00. The number of ether oxygens (including phenoxy) is 1. The van der Waals surface area contributed by atoms with Crippen LogP contribution in [-0.4, -0.2) is 53.3 Å². The van der Waals surface area contributed by atoms with E-state index in [-0.39, 0.29) is 41.6 Å². The van der Waals surface area contributed by atoms with Gasteiger partial charge in [0.2, 0.25) is 0 Å². The molecule has 1 aliphatic heterocycles. The molecule has 8 heteroatoms. The summed E-state index contributed by atoms with van der Waals surface area (Å²) in [6.45, 7) is 13.1. The Labute approximate surface area is 226 Å². The van der Waals surface area contributed by atoms with Crippen molar-refractivity contribution in [3.05, 3.63) is 42.0 Å². The van der Waals surface area contributed by atoms with E-state index < -0.39 is 30.1 Å². The van der Waals surface area contributed by atoms with E-state index in [2.05, 4.69) is 27.4 Å². The monoisotopic (exact) mass is 523 g/mol. The Morgan fingerprint density at radius 2 is 2.00 bits per heavy atom. The second kappa shape index (κ2) is 9.49. The third-order valence-electron chi connectivity index (χ3n) is 11.4. The number of hydrogen-bond acceptors (Lipinski definition) is 5. The molecule has 3 fully saturated rings. The van der Waals surface area contributed by atoms with Crippen LogP contribution in [0.3, 0.4) is 0 Å². The van der Waals surface area contributed by atoms with E-state index in [4.69, 9.17) is 9.39 Å². The maximum atomic E-state index is 14.2. The number of nitrogens with zero attached hydrogens (tertiary/aromatic N) is 1. The fraction of sp³-hybridized carbons (Fsp3) is 0.667. The van der Waals surface area contributed by atoms with E-state index in [0.29, 0.717) is 18.5 Å². The third-order valence-corrected chi connectivity index (χ3v) is 11.4. The van der Waals surface area contributed by atoms with Gasteiger partial charge in [0.25, 0.3) is 0 Å². The summed E-state index contributed by atoms with van der Waals surface area (Å²) in [4.78, 5) is 28.9. The number of benzene rings is 1. The van der Waals surface area contributed by atoms with Crippen molar-refractivity contribution in [2.24, 2.45) is 34.0 Å². The number of hydrogen-bond donors (Lipinski definition) is 2. The molecule has 3 saturated carbocycles. The highest BCUT2D eigenvalue weighted by Crippen LogP contribution is 2.69. The number of rotatable bonds is 5. The average Bonchev–Trinajstić information content (AvgIpc) is 3.48. The highest BCUT2D eigenvalue weighted by atomic mass is 16.5. The van der Waals surface area contributed by atoms with E-state index in [9.17, 15) is 19.7 Å². The quantitative estimate of drug-likeness (QED) is 0.439. The Morgan fingerprint density at radius 1 is 1.29 bits per heavy atom. The molecule has 1 aromatic rings. The van der Waals surface area contributed by atoms with Gasteiger partial charge in [0.05, 0.1) is 12.7 Å². The van der Waals surface area contributed by atoms with E-state index in [1.165, 1.54) is 0 Å². The molecule has 0 spiro atoms. The normalized spacial score (nSPS) is 40.2. The van der Waals surface area contributed by atoms with Crippen LogP contribution in [0, 0.1) is 34.0 Å². The highest BCUT2D eigenvalue weighted by Gasteiger charge is 2.68. The van der Waals surface area contributed by atoms with Crippen LogP contribution in [0.25, 0.3) is 0 Å². The van der Waals surface area contributed by atoms with Gasteiger partial charge in [0.15, 0.2) is 0 Å². The number of amides is 1. The molecule has 38 heavy (non-hydrogen) atoms. The van der Waals surface area contributed by atoms with Gasteiger partial charge in [0, 0.05) is 31.0 Å². The van der Waals surface area contributed by atoms with Crippen LogP contribution in [-0.2, 0) is 27.3 Å². The van der Waals surface area contributed by atoms with Crippen LogP contribution < -0.4 is 5.46 Å². The summed E-state index contributed by atoms with van der Waals surface area (Å²) in [6.07, 6.45) is 4.83. The summed E-state index contributed by atoms with van der Waals surface area (Å²) in [6, 6.07) is 5.26. The first-order chi connectivity index (χ1) is 17.9. The minimum Gasteiger partial charge on any atom is -0.465 e. The lowest BCUT2D eigenvalue weighted by atomic mass is 9.43.